The largest absolute Gasteiger partial charge is 0.340 e. The predicted molar refractivity (Wildman–Crippen MR) is 79.2 cm³/mol. The lowest BCUT2D eigenvalue weighted by atomic mass is 10.2. The zero-order chi connectivity index (χ0) is 14.4. The van der Waals surface area contributed by atoms with Crippen LogP contribution in [0.3, 0.4) is 0 Å². The van der Waals surface area contributed by atoms with Crippen molar-refractivity contribution >= 4 is 28.6 Å². The SMILES string of the molecule is Cn1nnnc1N1CCCC1c1nc2ccc(Cl)cc2[nH]1. The van der Waals surface area contributed by atoms with E-state index in [1.165, 1.54) is 0 Å². The number of aromatic amines is 1. The molecule has 8 heteroatoms. The van der Waals surface area contributed by atoms with Crippen molar-refractivity contribution in [2.24, 2.45) is 7.05 Å². The predicted octanol–water partition coefficient (Wildman–Crippen LogP) is 2.08. The van der Waals surface area contributed by atoms with E-state index in [9.17, 15) is 0 Å². The van der Waals surface area contributed by atoms with Crippen molar-refractivity contribution in [3.05, 3.63) is 29.0 Å². The maximum Gasteiger partial charge on any atom is 0.245 e. The number of halogens is 1. The Labute approximate surface area is 125 Å². The molecule has 2 aromatic heterocycles. The quantitative estimate of drug-likeness (QED) is 0.784. The molecule has 0 aliphatic carbocycles. The number of hydrogen-bond acceptors (Lipinski definition) is 5. The molecule has 1 unspecified atom stereocenters. The molecule has 108 valence electrons. The summed E-state index contributed by atoms with van der Waals surface area (Å²) < 4.78 is 1.69. The zero-order valence-electron chi connectivity index (χ0n) is 11.5. The number of fused-ring (bicyclic) bond motifs is 1. The number of nitrogens with one attached hydrogen (secondary N) is 1. The fourth-order valence-corrected chi connectivity index (χ4v) is 3.09. The molecule has 0 amide bonds. The minimum Gasteiger partial charge on any atom is -0.340 e. The number of aryl methyl sites for hydroxylation is 1. The van der Waals surface area contributed by atoms with E-state index < -0.39 is 0 Å². The first kappa shape index (κ1) is 12.6. The molecule has 21 heavy (non-hydrogen) atoms. The number of tetrazole rings is 1. The third kappa shape index (κ3) is 2.04. The minimum atomic E-state index is 0.167. The summed E-state index contributed by atoms with van der Waals surface area (Å²) in [5.41, 5.74) is 1.89. The molecule has 0 spiro atoms. The maximum atomic E-state index is 6.03. The van der Waals surface area contributed by atoms with Gasteiger partial charge in [-0.25, -0.2) is 9.67 Å². The normalized spacial score (nSPS) is 18.8. The first-order valence-corrected chi connectivity index (χ1v) is 7.24. The lowest BCUT2D eigenvalue weighted by Crippen LogP contribution is -2.26. The monoisotopic (exact) mass is 303 g/mol. The summed E-state index contributed by atoms with van der Waals surface area (Å²) in [6.45, 7) is 0.927. The van der Waals surface area contributed by atoms with Crippen LogP contribution in [0.2, 0.25) is 5.02 Å². The zero-order valence-corrected chi connectivity index (χ0v) is 12.2. The number of imidazole rings is 1. The third-order valence-electron chi connectivity index (χ3n) is 3.89. The molecule has 7 nitrogen and oxygen atoms in total. The molecule has 1 aromatic carbocycles. The number of H-pyrrole nitrogens is 1. The molecular formula is C13H14ClN7. The highest BCUT2D eigenvalue weighted by molar-refractivity contribution is 6.31. The van der Waals surface area contributed by atoms with Gasteiger partial charge in [0.2, 0.25) is 5.95 Å². The summed E-state index contributed by atoms with van der Waals surface area (Å²) in [6, 6.07) is 5.85. The third-order valence-corrected chi connectivity index (χ3v) is 4.12. The van der Waals surface area contributed by atoms with Gasteiger partial charge in [-0.2, -0.15) is 0 Å². The van der Waals surface area contributed by atoms with Crippen LogP contribution < -0.4 is 4.90 Å². The highest BCUT2D eigenvalue weighted by Gasteiger charge is 2.31. The Morgan fingerprint density at radius 2 is 2.29 bits per heavy atom. The Kier molecular flexibility index (Phi) is 2.81. The molecule has 4 rings (SSSR count). The van der Waals surface area contributed by atoms with Gasteiger partial charge < -0.3 is 9.88 Å². The molecule has 3 heterocycles. The standard InChI is InChI=1S/C13H14ClN7/c1-20-13(17-18-19-20)21-6-2-3-11(21)12-15-9-5-4-8(14)7-10(9)16-12/h4-5,7,11H,2-3,6H2,1H3,(H,15,16). The molecule has 0 radical (unpaired) electrons. The van der Waals surface area contributed by atoms with E-state index in [2.05, 4.69) is 25.4 Å². The van der Waals surface area contributed by atoms with Crippen LogP contribution in [0.5, 0.6) is 0 Å². The average Bonchev–Trinajstić information content (AvgIpc) is 3.15. The maximum absolute atomic E-state index is 6.03. The number of rotatable bonds is 2. The van der Waals surface area contributed by atoms with E-state index >= 15 is 0 Å². The second kappa shape index (κ2) is 4.70. The van der Waals surface area contributed by atoms with Crippen LogP contribution in [0.15, 0.2) is 18.2 Å². The van der Waals surface area contributed by atoms with Gasteiger partial charge in [0.05, 0.1) is 17.1 Å². The highest BCUT2D eigenvalue weighted by atomic mass is 35.5. The van der Waals surface area contributed by atoms with Crippen molar-refractivity contribution in [3.63, 3.8) is 0 Å². The topological polar surface area (TPSA) is 75.5 Å². The van der Waals surface area contributed by atoms with Crippen LogP contribution in [-0.2, 0) is 7.05 Å². The number of aromatic nitrogens is 6. The van der Waals surface area contributed by atoms with Gasteiger partial charge in [-0.15, -0.1) is 0 Å². The molecule has 0 bridgehead atoms. The van der Waals surface area contributed by atoms with Crippen LogP contribution in [0.1, 0.15) is 24.7 Å². The molecule has 1 aliphatic heterocycles. The van der Waals surface area contributed by atoms with Crippen molar-refractivity contribution in [3.8, 4) is 0 Å². The van der Waals surface area contributed by atoms with Gasteiger partial charge in [0.15, 0.2) is 0 Å². The van der Waals surface area contributed by atoms with Crippen LogP contribution in [-0.4, -0.2) is 36.7 Å². The van der Waals surface area contributed by atoms with Crippen molar-refractivity contribution in [1.82, 2.24) is 30.2 Å². The number of anilines is 1. The van der Waals surface area contributed by atoms with E-state index in [0.29, 0.717) is 5.02 Å². The lowest BCUT2D eigenvalue weighted by molar-refractivity contribution is 0.636. The Bertz CT molecular complexity index is 793. The first-order valence-electron chi connectivity index (χ1n) is 6.86. The lowest BCUT2D eigenvalue weighted by Gasteiger charge is -2.22. The Balaban J connectivity index is 1.74. The molecule has 1 saturated heterocycles. The number of hydrogen-bond donors (Lipinski definition) is 1. The van der Waals surface area contributed by atoms with Crippen LogP contribution >= 0.6 is 11.6 Å². The van der Waals surface area contributed by atoms with Crippen LogP contribution in [0, 0.1) is 0 Å². The van der Waals surface area contributed by atoms with E-state index in [1.807, 2.05) is 25.2 Å². The molecule has 1 fully saturated rings. The second-order valence-corrected chi connectivity index (χ2v) is 5.67. The van der Waals surface area contributed by atoms with Gasteiger partial charge in [0.25, 0.3) is 0 Å². The summed E-state index contributed by atoms with van der Waals surface area (Å²) in [6.07, 6.45) is 2.12. The van der Waals surface area contributed by atoms with Gasteiger partial charge in [0.1, 0.15) is 5.82 Å². The van der Waals surface area contributed by atoms with Crippen molar-refractivity contribution in [2.75, 3.05) is 11.4 Å². The minimum absolute atomic E-state index is 0.167. The Hall–Kier alpha value is -2.15. The summed E-state index contributed by atoms with van der Waals surface area (Å²) in [5, 5.41) is 12.4. The Morgan fingerprint density at radius 3 is 3.10 bits per heavy atom. The summed E-state index contributed by atoms with van der Waals surface area (Å²) >= 11 is 6.03. The van der Waals surface area contributed by atoms with Crippen molar-refractivity contribution < 1.29 is 0 Å². The van der Waals surface area contributed by atoms with E-state index in [1.54, 1.807) is 4.68 Å². The summed E-state index contributed by atoms with van der Waals surface area (Å²) in [5.74, 6) is 1.71. The van der Waals surface area contributed by atoms with Gasteiger partial charge in [-0.05, 0) is 41.5 Å². The molecule has 0 saturated carbocycles. The van der Waals surface area contributed by atoms with E-state index in [0.717, 1.165) is 42.2 Å². The van der Waals surface area contributed by atoms with Gasteiger partial charge >= 0.3 is 0 Å². The van der Waals surface area contributed by atoms with Gasteiger partial charge in [-0.3, -0.25) is 0 Å². The van der Waals surface area contributed by atoms with Gasteiger partial charge in [-0.1, -0.05) is 16.7 Å². The van der Waals surface area contributed by atoms with Crippen molar-refractivity contribution in [1.29, 1.82) is 0 Å². The molecular weight excluding hydrogens is 290 g/mol. The average molecular weight is 304 g/mol. The smallest absolute Gasteiger partial charge is 0.245 e. The second-order valence-electron chi connectivity index (χ2n) is 5.24. The fraction of sp³-hybridized carbons (Fsp3) is 0.385. The van der Waals surface area contributed by atoms with Crippen LogP contribution in [0.4, 0.5) is 5.95 Å². The highest BCUT2D eigenvalue weighted by Crippen LogP contribution is 2.34. The van der Waals surface area contributed by atoms with E-state index in [4.69, 9.17) is 16.6 Å². The Morgan fingerprint density at radius 1 is 1.38 bits per heavy atom. The number of nitrogens with zero attached hydrogens (tertiary/aromatic N) is 6. The van der Waals surface area contributed by atoms with Crippen molar-refractivity contribution in [2.45, 2.75) is 18.9 Å². The molecule has 1 aliphatic rings. The summed E-state index contributed by atoms with van der Waals surface area (Å²) in [4.78, 5) is 10.3. The molecule has 1 atom stereocenters. The molecule has 3 aromatic rings. The van der Waals surface area contributed by atoms with Gasteiger partial charge in [0, 0.05) is 18.6 Å². The van der Waals surface area contributed by atoms with E-state index in [-0.39, 0.29) is 6.04 Å². The first-order chi connectivity index (χ1) is 10.2. The fourth-order valence-electron chi connectivity index (χ4n) is 2.92. The van der Waals surface area contributed by atoms with Crippen LogP contribution in [0.25, 0.3) is 11.0 Å². The number of benzene rings is 1. The molecule has 1 N–H and O–H groups in total. The summed E-state index contributed by atoms with van der Waals surface area (Å²) in [7, 11) is 1.85.